The van der Waals surface area contributed by atoms with Crippen molar-refractivity contribution in [2.75, 3.05) is 13.2 Å². The Morgan fingerprint density at radius 1 is 0.844 bits per heavy atom. The average Bonchev–Trinajstić information content (AvgIpc) is 3.06. The van der Waals surface area contributed by atoms with Crippen LogP contribution in [0.15, 0.2) is 110 Å². The number of ether oxygens (including phenoxy) is 2. The van der Waals surface area contributed by atoms with Crippen molar-refractivity contribution in [1.29, 1.82) is 0 Å². The Hall–Kier alpha value is -4.69. The van der Waals surface area contributed by atoms with Crippen molar-refractivity contribution in [2.45, 2.75) is 57.2 Å². The van der Waals surface area contributed by atoms with Crippen LogP contribution in [-0.4, -0.2) is 42.1 Å². The summed E-state index contributed by atoms with van der Waals surface area (Å²) in [7, 11) is 0. The third-order valence-corrected chi connectivity index (χ3v) is 7.21. The van der Waals surface area contributed by atoms with E-state index in [9.17, 15) is 19.5 Å². The van der Waals surface area contributed by atoms with Gasteiger partial charge in [0.1, 0.15) is 19.0 Å². The third-order valence-electron chi connectivity index (χ3n) is 7.21. The van der Waals surface area contributed by atoms with E-state index in [0.717, 1.165) is 22.4 Å². The van der Waals surface area contributed by atoms with Crippen molar-refractivity contribution in [3.05, 3.63) is 127 Å². The Balaban J connectivity index is 1.55. The van der Waals surface area contributed by atoms with E-state index in [0.29, 0.717) is 25.9 Å². The smallest absolute Gasteiger partial charge is 0.305 e. The number of allylic oxidation sites excluding steroid dienone is 2. The molecule has 8 heteroatoms. The van der Waals surface area contributed by atoms with Gasteiger partial charge in [0.2, 0.25) is 11.8 Å². The molecule has 0 saturated carbocycles. The lowest BCUT2D eigenvalue weighted by atomic mass is 9.97. The number of hydrogen-bond donors (Lipinski definition) is 3. The monoisotopic (exact) mass is 612 g/mol. The Labute approximate surface area is 266 Å². The summed E-state index contributed by atoms with van der Waals surface area (Å²) in [5.74, 6) is -1.03. The lowest BCUT2D eigenvalue weighted by Crippen LogP contribution is -2.42. The van der Waals surface area contributed by atoms with Crippen LogP contribution in [-0.2, 0) is 32.1 Å². The molecule has 0 fully saturated rings. The van der Waals surface area contributed by atoms with Crippen LogP contribution in [0.4, 0.5) is 0 Å². The van der Waals surface area contributed by atoms with Crippen LogP contribution in [0.1, 0.15) is 54.8 Å². The van der Waals surface area contributed by atoms with Gasteiger partial charge in [-0.15, -0.1) is 13.2 Å². The fraction of sp³-hybridized carbons (Fsp3) is 0.324. The van der Waals surface area contributed by atoms with Crippen LogP contribution in [0.3, 0.4) is 0 Å². The predicted octanol–water partition coefficient (Wildman–Crippen LogP) is 5.62. The van der Waals surface area contributed by atoms with Crippen LogP contribution >= 0.6 is 0 Å². The topological polar surface area (TPSA) is 114 Å². The molecule has 0 aliphatic carbocycles. The summed E-state index contributed by atoms with van der Waals surface area (Å²) in [5, 5.41) is 15.8. The first-order valence-corrected chi connectivity index (χ1v) is 15.3. The second-order valence-electron chi connectivity index (χ2n) is 10.8. The van der Waals surface area contributed by atoms with Crippen molar-refractivity contribution in [2.24, 2.45) is 5.92 Å². The average molecular weight is 613 g/mol. The number of unbranched alkanes of at least 4 members (excludes halogenated alkanes) is 1. The largest absolute Gasteiger partial charge is 0.489 e. The number of nitrogens with one attached hydrogen (secondary N) is 2. The lowest BCUT2D eigenvalue weighted by molar-refractivity contribution is -0.145. The van der Waals surface area contributed by atoms with E-state index in [1.54, 1.807) is 12.2 Å². The summed E-state index contributed by atoms with van der Waals surface area (Å²) in [6.45, 7) is 7.59. The molecule has 238 valence electrons. The molecular formula is C37H44N2O6. The van der Waals surface area contributed by atoms with E-state index in [2.05, 4.69) is 23.8 Å². The number of hydrogen-bond acceptors (Lipinski definition) is 6. The van der Waals surface area contributed by atoms with Gasteiger partial charge >= 0.3 is 5.97 Å². The zero-order chi connectivity index (χ0) is 32.3. The molecule has 3 rings (SSSR count). The maximum Gasteiger partial charge on any atom is 0.305 e. The molecule has 3 atom stereocenters. The summed E-state index contributed by atoms with van der Waals surface area (Å²) < 4.78 is 11.3. The summed E-state index contributed by atoms with van der Waals surface area (Å²) in [4.78, 5) is 38.6. The minimum absolute atomic E-state index is 0.0294. The summed E-state index contributed by atoms with van der Waals surface area (Å²) >= 11 is 0. The summed E-state index contributed by atoms with van der Waals surface area (Å²) in [5.41, 5.74) is 2.77. The molecule has 0 bridgehead atoms. The van der Waals surface area contributed by atoms with Crippen LogP contribution in [0, 0.1) is 5.92 Å². The summed E-state index contributed by atoms with van der Waals surface area (Å²) in [6.07, 6.45) is 5.56. The van der Waals surface area contributed by atoms with Gasteiger partial charge < -0.3 is 25.2 Å². The minimum Gasteiger partial charge on any atom is -0.489 e. The molecule has 3 aromatic carbocycles. The highest BCUT2D eigenvalue weighted by molar-refractivity contribution is 5.86. The van der Waals surface area contributed by atoms with Gasteiger partial charge in [-0.25, -0.2) is 0 Å². The van der Waals surface area contributed by atoms with Crippen molar-refractivity contribution in [1.82, 2.24) is 10.6 Å². The van der Waals surface area contributed by atoms with Crippen molar-refractivity contribution < 1.29 is 29.0 Å². The summed E-state index contributed by atoms with van der Waals surface area (Å²) in [6, 6.07) is 25.5. The van der Waals surface area contributed by atoms with E-state index in [-0.39, 0.29) is 50.3 Å². The number of aliphatic hydroxyl groups excluding tert-OH is 1. The first kappa shape index (κ1) is 34.8. The van der Waals surface area contributed by atoms with Gasteiger partial charge in [-0.2, -0.15) is 0 Å². The van der Waals surface area contributed by atoms with Gasteiger partial charge in [-0.1, -0.05) is 84.9 Å². The van der Waals surface area contributed by atoms with Gasteiger partial charge in [0.25, 0.3) is 0 Å². The highest BCUT2D eigenvalue weighted by atomic mass is 16.5. The molecule has 0 unspecified atom stereocenters. The van der Waals surface area contributed by atoms with Crippen LogP contribution in [0.5, 0.6) is 5.75 Å². The fourth-order valence-corrected chi connectivity index (χ4v) is 4.74. The highest BCUT2D eigenvalue weighted by Gasteiger charge is 2.26. The second kappa shape index (κ2) is 19.6. The van der Waals surface area contributed by atoms with Crippen LogP contribution in [0.2, 0.25) is 0 Å². The number of carbonyl (C=O) groups is 3. The second-order valence-corrected chi connectivity index (χ2v) is 10.8. The SMILES string of the molecule is C=CCCCC(=O)OC[C@@H](NC(=O)[C@H](CC=C)CC(=O)N[C@H](CO)Cc1ccc(OCc2ccccc2)cc1)c1ccccc1. The normalized spacial score (nSPS) is 12.6. The molecule has 8 nitrogen and oxygen atoms in total. The molecule has 0 radical (unpaired) electrons. The number of benzene rings is 3. The third kappa shape index (κ3) is 12.8. The molecule has 0 aliphatic rings. The Kier molecular flexibility index (Phi) is 15.1. The molecule has 0 aliphatic heterocycles. The quantitative estimate of drug-likeness (QED) is 0.0867. The van der Waals surface area contributed by atoms with E-state index in [1.165, 1.54) is 0 Å². The molecular weight excluding hydrogens is 568 g/mol. The lowest BCUT2D eigenvalue weighted by Gasteiger charge is -2.23. The van der Waals surface area contributed by atoms with Gasteiger partial charge in [-0.05, 0) is 54.5 Å². The van der Waals surface area contributed by atoms with Crippen LogP contribution in [0.25, 0.3) is 0 Å². The number of rotatable bonds is 20. The number of amides is 2. The van der Waals surface area contributed by atoms with Crippen LogP contribution < -0.4 is 15.4 Å². The van der Waals surface area contributed by atoms with E-state index in [4.69, 9.17) is 9.47 Å². The fourth-order valence-electron chi connectivity index (χ4n) is 4.74. The standard InChI is InChI=1S/C37H44N2O6/c1-3-5-8-18-36(42)45-27-34(30-16-11-7-12-17-30)39-37(43)31(13-4-2)24-35(41)38-32(25-40)23-28-19-21-33(22-20-28)44-26-29-14-9-6-10-15-29/h3-4,6-7,9-12,14-17,19-22,31-32,34,40H,1-2,5,8,13,18,23-27H2,(H,38,41)(H,39,43)/t31-,32+,34-/m1/s1. The van der Waals surface area contributed by atoms with E-state index >= 15 is 0 Å². The predicted molar refractivity (Wildman–Crippen MR) is 175 cm³/mol. The molecule has 0 heterocycles. The molecule has 45 heavy (non-hydrogen) atoms. The molecule has 3 N–H and O–H groups in total. The maximum absolute atomic E-state index is 13.4. The maximum atomic E-state index is 13.4. The van der Waals surface area contributed by atoms with Gasteiger partial charge in [-0.3, -0.25) is 14.4 Å². The number of carbonyl (C=O) groups excluding carboxylic acids is 3. The van der Waals surface area contributed by atoms with Gasteiger partial charge in [0, 0.05) is 12.8 Å². The minimum atomic E-state index is -0.697. The first-order valence-electron chi connectivity index (χ1n) is 15.3. The molecule has 0 spiro atoms. The van der Waals surface area contributed by atoms with E-state index in [1.807, 2.05) is 84.9 Å². The number of esters is 1. The molecule has 2 amide bonds. The zero-order valence-electron chi connectivity index (χ0n) is 25.7. The molecule has 3 aromatic rings. The van der Waals surface area contributed by atoms with Crippen molar-refractivity contribution in [3.63, 3.8) is 0 Å². The van der Waals surface area contributed by atoms with Gasteiger partial charge in [0.05, 0.1) is 24.6 Å². The van der Waals surface area contributed by atoms with Crippen molar-refractivity contribution in [3.8, 4) is 5.75 Å². The Bertz CT molecular complexity index is 1340. The van der Waals surface area contributed by atoms with Crippen molar-refractivity contribution >= 4 is 17.8 Å². The Morgan fingerprint density at radius 2 is 1.53 bits per heavy atom. The zero-order valence-corrected chi connectivity index (χ0v) is 25.7. The Morgan fingerprint density at radius 3 is 2.18 bits per heavy atom. The first-order chi connectivity index (χ1) is 21.9. The van der Waals surface area contributed by atoms with E-state index < -0.39 is 18.0 Å². The van der Waals surface area contributed by atoms with Gasteiger partial charge in [0.15, 0.2) is 0 Å². The highest BCUT2D eigenvalue weighted by Crippen LogP contribution is 2.19. The number of aliphatic hydroxyl groups is 1. The molecule has 0 aromatic heterocycles. The molecule has 0 saturated heterocycles.